The maximum atomic E-state index is 12.6. The summed E-state index contributed by atoms with van der Waals surface area (Å²) in [6.45, 7) is 2.01. The topological polar surface area (TPSA) is 60.1 Å². The van der Waals surface area contributed by atoms with E-state index in [9.17, 15) is 4.79 Å². The van der Waals surface area contributed by atoms with E-state index in [-0.39, 0.29) is 5.69 Å². The maximum absolute atomic E-state index is 12.6. The summed E-state index contributed by atoms with van der Waals surface area (Å²) >= 11 is 0. The number of nitrogens with zero attached hydrogens (tertiary/aromatic N) is 2. The molecule has 0 saturated carbocycles. The highest BCUT2D eigenvalue weighted by molar-refractivity contribution is 6.10. The molecule has 0 bridgehead atoms. The summed E-state index contributed by atoms with van der Waals surface area (Å²) in [7, 11) is 1.75. The third kappa shape index (κ3) is 1.93. The van der Waals surface area contributed by atoms with Gasteiger partial charge in [0, 0.05) is 12.4 Å². The highest BCUT2D eigenvalue weighted by Crippen LogP contribution is 2.33. The predicted octanol–water partition coefficient (Wildman–Crippen LogP) is 3.48. The van der Waals surface area contributed by atoms with Gasteiger partial charge in [0.1, 0.15) is 11.4 Å². The Labute approximate surface area is 132 Å². The van der Waals surface area contributed by atoms with E-state index in [2.05, 4.69) is 10.3 Å². The molecule has 2 aromatic heterocycles. The normalized spacial score (nSPS) is 11.2. The van der Waals surface area contributed by atoms with Crippen LogP contribution >= 0.6 is 0 Å². The summed E-state index contributed by atoms with van der Waals surface area (Å²) in [6.07, 6.45) is 1.66. The van der Waals surface area contributed by atoms with Crippen molar-refractivity contribution >= 4 is 27.7 Å². The number of aryl methyl sites for hydroxylation is 1. The van der Waals surface area contributed by atoms with Gasteiger partial charge in [-0.3, -0.25) is 4.57 Å². The molecule has 0 spiro atoms. The lowest BCUT2D eigenvalue weighted by molar-refractivity contribution is 0.619. The third-order valence-corrected chi connectivity index (χ3v) is 4.05. The van der Waals surface area contributed by atoms with Crippen molar-refractivity contribution in [1.82, 2.24) is 9.55 Å². The first-order chi connectivity index (χ1) is 11.2. The standard InChI is InChI=1S/C18H15N3O2/c1-11-10-14-15(16-13(11)8-9-23-16)17(19-2)20-18(22)21(14)12-6-4-3-5-7-12/h3-10H,1-2H3,(H,19,20,22). The molecule has 0 atom stereocenters. The second kappa shape index (κ2) is 4.98. The molecule has 0 aliphatic rings. The van der Waals surface area contributed by atoms with Crippen molar-refractivity contribution in [3.8, 4) is 5.69 Å². The summed E-state index contributed by atoms with van der Waals surface area (Å²) in [5.41, 5.74) is 3.03. The lowest BCUT2D eigenvalue weighted by Crippen LogP contribution is -2.23. The molecule has 0 fully saturated rings. The second-order valence-corrected chi connectivity index (χ2v) is 5.41. The zero-order chi connectivity index (χ0) is 16.0. The van der Waals surface area contributed by atoms with Crippen LogP contribution in [0.4, 0.5) is 5.82 Å². The van der Waals surface area contributed by atoms with E-state index in [4.69, 9.17) is 4.42 Å². The molecule has 114 valence electrons. The second-order valence-electron chi connectivity index (χ2n) is 5.41. The number of hydrogen-bond donors (Lipinski definition) is 1. The van der Waals surface area contributed by atoms with Crippen molar-refractivity contribution in [2.24, 2.45) is 0 Å². The first kappa shape index (κ1) is 13.6. The molecule has 4 aromatic rings. The maximum Gasteiger partial charge on any atom is 0.354 e. The molecule has 23 heavy (non-hydrogen) atoms. The molecule has 0 aliphatic heterocycles. The van der Waals surface area contributed by atoms with Gasteiger partial charge in [-0.15, -0.1) is 0 Å². The van der Waals surface area contributed by atoms with E-state index in [1.807, 2.05) is 49.4 Å². The largest absolute Gasteiger partial charge is 0.463 e. The third-order valence-electron chi connectivity index (χ3n) is 4.05. The lowest BCUT2D eigenvalue weighted by atomic mass is 10.1. The molecule has 2 aromatic carbocycles. The van der Waals surface area contributed by atoms with Crippen LogP contribution in [0.5, 0.6) is 0 Å². The summed E-state index contributed by atoms with van der Waals surface area (Å²) < 4.78 is 7.31. The van der Waals surface area contributed by atoms with Gasteiger partial charge >= 0.3 is 5.69 Å². The highest BCUT2D eigenvalue weighted by atomic mass is 16.3. The predicted molar refractivity (Wildman–Crippen MR) is 91.4 cm³/mol. The average Bonchev–Trinajstić information content (AvgIpc) is 3.05. The van der Waals surface area contributed by atoms with Gasteiger partial charge in [-0.2, -0.15) is 4.98 Å². The van der Waals surface area contributed by atoms with E-state index in [1.54, 1.807) is 17.9 Å². The van der Waals surface area contributed by atoms with Crippen LogP contribution in [0.1, 0.15) is 5.56 Å². The van der Waals surface area contributed by atoms with E-state index in [0.29, 0.717) is 5.82 Å². The van der Waals surface area contributed by atoms with Crippen LogP contribution in [-0.4, -0.2) is 16.6 Å². The zero-order valence-corrected chi connectivity index (χ0v) is 12.8. The number of nitrogens with one attached hydrogen (secondary N) is 1. The van der Waals surface area contributed by atoms with Crippen LogP contribution < -0.4 is 11.0 Å². The fraction of sp³-hybridized carbons (Fsp3) is 0.111. The SMILES string of the molecule is CNc1nc(=O)n(-c2ccccc2)c2cc(C)c3ccoc3c12. The quantitative estimate of drug-likeness (QED) is 0.616. The molecular weight excluding hydrogens is 290 g/mol. The minimum Gasteiger partial charge on any atom is -0.463 e. The number of aromatic nitrogens is 2. The molecule has 0 unspecified atom stereocenters. The molecule has 0 radical (unpaired) electrons. The van der Waals surface area contributed by atoms with Crippen LogP contribution in [0.25, 0.3) is 27.6 Å². The first-order valence-corrected chi connectivity index (χ1v) is 7.37. The Morgan fingerprint density at radius 2 is 1.96 bits per heavy atom. The Bertz CT molecular complexity index is 1080. The van der Waals surface area contributed by atoms with E-state index >= 15 is 0 Å². The summed E-state index contributed by atoms with van der Waals surface area (Å²) in [5, 5.41) is 4.84. The van der Waals surface area contributed by atoms with Crippen molar-refractivity contribution in [1.29, 1.82) is 0 Å². The highest BCUT2D eigenvalue weighted by Gasteiger charge is 2.17. The van der Waals surface area contributed by atoms with Crippen molar-refractivity contribution in [2.75, 3.05) is 12.4 Å². The monoisotopic (exact) mass is 305 g/mol. The fourth-order valence-corrected chi connectivity index (χ4v) is 3.00. The molecule has 4 rings (SSSR count). The Hall–Kier alpha value is -3.08. The van der Waals surface area contributed by atoms with Crippen LogP contribution in [0.2, 0.25) is 0 Å². The van der Waals surface area contributed by atoms with Gasteiger partial charge in [0.25, 0.3) is 0 Å². The molecule has 0 amide bonds. The molecule has 1 N–H and O–H groups in total. The molecule has 5 heteroatoms. The lowest BCUT2D eigenvalue weighted by Gasteiger charge is -2.13. The minimum absolute atomic E-state index is 0.321. The smallest absolute Gasteiger partial charge is 0.354 e. The number of para-hydroxylation sites is 1. The van der Waals surface area contributed by atoms with Crippen molar-refractivity contribution in [2.45, 2.75) is 6.92 Å². The van der Waals surface area contributed by atoms with Crippen molar-refractivity contribution in [3.05, 3.63) is 64.8 Å². The number of anilines is 1. The first-order valence-electron chi connectivity index (χ1n) is 7.37. The Kier molecular flexibility index (Phi) is 2.94. The number of fused-ring (bicyclic) bond motifs is 3. The number of furan rings is 1. The molecule has 0 aliphatic carbocycles. The summed E-state index contributed by atoms with van der Waals surface area (Å²) in [4.78, 5) is 16.8. The number of rotatable bonds is 2. The minimum atomic E-state index is -0.321. The van der Waals surface area contributed by atoms with Gasteiger partial charge in [0.15, 0.2) is 0 Å². The van der Waals surface area contributed by atoms with Gasteiger partial charge < -0.3 is 9.73 Å². The van der Waals surface area contributed by atoms with Crippen LogP contribution in [0, 0.1) is 6.92 Å². The van der Waals surface area contributed by atoms with Gasteiger partial charge in [-0.1, -0.05) is 18.2 Å². The Morgan fingerprint density at radius 3 is 2.70 bits per heavy atom. The summed E-state index contributed by atoms with van der Waals surface area (Å²) in [6, 6.07) is 13.4. The van der Waals surface area contributed by atoms with E-state index in [1.165, 1.54) is 0 Å². The molecule has 2 heterocycles. The fourth-order valence-electron chi connectivity index (χ4n) is 3.00. The molecule has 0 saturated heterocycles. The Balaban J connectivity index is 2.26. The van der Waals surface area contributed by atoms with Gasteiger partial charge in [-0.25, -0.2) is 4.79 Å². The molecular formula is C18H15N3O2. The zero-order valence-electron chi connectivity index (χ0n) is 12.8. The average molecular weight is 305 g/mol. The molecule has 5 nitrogen and oxygen atoms in total. The number of benzene rings is 2. The summed E-state index contributed by atoms with van der Waals surface area (Å²) in [5.74, 6) is 0.525. The Morgan fingerprint density at radius 1 is 1.17 bits per heavy atom. The van der Waals surface area contributed by atoms with Gasteiger partial charge in [0.05, 0.1) is 22.9 Å². The van der Waals surface area contributed by atoms with Crippen LogP contribution in [0.3, 0.4) is 0 Å². The number of hydrogen-bond acceptors (Lipinski definition) is 4. The van der Waals surface area contributed by atoms with E-state index < -0.39 is 0 Å². The van der Waals surface area contributed by atoms with Crippen molar-refractivity contribution in [3.63, 3.8) is 0 Å². The van der Waals surface area contributed by atoms with Crippen LogP contribution in [0.15, 0.2) is 57.9 Å². The van der Waals surface area contributed by atoms with Gasteiger partial charge in [-0.05, 0) is 36.8 Å². The van der Waals surface area contributed by atoms with E-state index in [0.717, 1.165) is 33.1 Å². The van der Waals surface area contributed by atoms with Crippen LogP contribution in [-0.2, 0) is 0 Å². The van der Waals surface area contributed by atoms with Gasteiger partial charge in [0.2, 0.25) is 0 Å². The van der Waals surface area contributed by atoms with Crippen molar-refractivity contribution < 1.29 is 4.42 Å².